The molecule has 0 aromatic heterocycles. The van der Waals surface area contributed by atoms with Gasteiger partial charge in [-0.1, -0.05) is 24.0 Å². The molecular formula is C15H19NO2. The highest BCUT2D eigenvalue weighted by Gasteiger charge is 2.10. The summed E-state index contributed by atoms with van der Waals surface area (Å²) in [6.45, 7) is 4.74. The van der Waals surface area contributed by atoms with Crippen LogP contribution < -0.4 is 0 Å². The summed E-state index contributed by atoms with van der Waals surface area (Å²) in [5.41, 5.74) is 2.31. The Morgan fingerprint density at radius 3 is 2.89 bits per heavy atom. The Hall–Kier alpha value is -1.34. The summed E-state index contributed by atoms with van der Waals surface area (Å²) >= 11 is 0. The SMILES string of the molecule is OCCC#Cc1cccc(CN2CCOCC2)c1. The number of morpholine rings is 1. The van der Waals surface area contributed by atoms with Crippen LogP contribution >= 0.6 is 0 Å². The van der Waals surface area contributed by atoms with Gasteiger partial charge in [-0.3, -0.25) is 4.90 Å². The first-order valence-electron chi connectivity index (χ1n) is 6.37. The molecule has 0 bridgehead atoms. The molecule has 1 fully saturated rings. The van der Waals surface area contributed by atoms with Crippen molar-refractivity contribution in [2.45, 2.75) is 13.0 Å². The lowest BCUT2D eigenvalue weighted by Gasteiger charge is -2.26. The summed E-state index contributed by atoms with van der Waals surface area (Å²) in [5, 5.41) is 8.69. The fraction of sp³-hybridized carbons (Fsp3) is 0.467. The van der Waals surface area contributed by atoms with Gasteiger partial charge in [-0.05, 0) is 17.7 Å². The fourth-order valence-corrected chi connectivity index (χ4v) is 1.99. The predicted octanol–water partition coefficient (Wildman–Crippen LogP) is 1.25. The van der Waals surface area contributed by atoms with E-state index in [1.54, 1.807) is 0 Å². The number of hydrogen-bond acceptors (Lipinski definition) is 3. The number of rotatable bonds is 3. The monoisotopic (exact) mass is 245 g/mol. The van der Waals surface area contributed by atoms with Crippen LogP contribution in [0.2, 0.25) is 0 Å². The Balaban J connectivity index is 1.96. The number of hydrogen-bond donors (Lipinski definition) is 1. The molecule has 0 spiro atoms. The van der Waals surface area contributed by atoms with E-state index >= 15 is 0 Å². The zero-order chi connectivity index (χ0) is 12.6. The van der Waals surface area contributed by atoms with E-state index in [2.05, 4.69) is 28.9 Å². The second-order valence-corrected chi connectivity index (χ2v) is 4.36. The van der Waals surface area contributed by atoms with Gasteiger partial charge >= 0.3 is 0 Å². The predicted molar refractivity (Wildman–Crippen MR) is 71.1 cm³/mol. The van der Waals surface area contributed by atoms with Gasteiger partial charge in [0.1, 0.15) is 0 Å². The van der Waals surface area contributed by atoms with Gasteiger partial charge in [-0.15, -0.1) is 0 Å². The molecule has 2 rings (SSSR count). The molecule has 96 valence electrons. The molecule has 1 aromatic carbocycles. The van der Waals surface area contributed by atoms with Crippen LogP contribution in [0.5, 0.6) is 0 Å². The molecule has 1 saturated heterocycles. The first-order valence-corrected chi connectivity index (χ1v) is 6.37. The van der Waals surface area contributed by atoms with E-state index in [9.17, 15) is 0 Å². The van der Waals surface area contributed by atoms with Crippen LogP contribution in [0.1, 0.15) is 17.5 Å². The smallest absolute Gasteiger partial charge is 0.0594 e. The average Bonchev–Trinajstić information content (AvgIpc) is 2.41. The lowest BCUT2D eigenvalue weighted by molar-refractivity contribution is 0.0342. The highest BCUT2D eigenvalue weighted by Crippen LogP contribution is 2.09. The van der Waals surface area contributed by atoms with E-state index in [0.717, 1.165) is 38.4 Å². The van der Waals surface area contributed by atoms with E-state index in [-0.39, 0.29) is 6.61 Å². The van der Waals surface area contributed by atoms with Crippen LogP contribution in [0.25, 0.3) is 0 Å². The quantitative estimate of drug-likeness (QED) is 0.814. The van der Waals surface area contributed by atoms with Crippen molar-refractivity contribution in [3.8, 4) is 11.8 Å². The molecule has 1 aliphatic heterocycles. The van der Waals surface area contributed by atoms with Crippen LogP contribution in [0, 0.1) is 11.8 Å². The lowest BCUT2D eigenvalue weighted by Crippen LogP contribution is -2.35. The maximum Gasteiger partial charge on any atom is 0.0594 e. The minimum Gasteiger partial charge on any atom is -0.395 e. The second-order valence-electron chi connectivity index (χ2n) is 4.36. The highest BCUT2D eigenvalue weighted by molar-refractivity contribution is 5.37. The summed E-state index contributed by atoms with van der Waals surface area (Å²) in [6.07, 6.45) is 0.535. The van der Waals surface area contributed by atoms with Crippen LogP contribution in [-0.2, 0) is 11.3 Å². The zero-order valence-corrected chi connectivity index (χ0v) is 10.6. The van der Waals surface area contributed by atoms with Crippen LogP contribution in [0.4, 0.5) is 0 Å². The summed E-state index contributed by atoms with van der Waals surface area (Å²) in [4.78, 5) is 2.39. The highest BCUT2D eigenvalue weighted by atomic mass is 16.5. The minimum absolute atomic E-state index is 0.125. The molecule has 0 unspecified atom stereocenters. The standard InChI is InChI=1S/C15H19NO2/c17-9-2-1-4-14-5-3-6-15(12-14)13-16-7-10-18-11-8-16/h3,5-6,12,17H,2,7-11,13H2. The lowest BCUT2D eigenvalue weighted by atomic mass is 10.1. The summed E-state index contributed by atoms with van der Waals surface area (Å²) in [7, 11) is 0. The fourth-order valence-electron chi connectivity index (χ4n) is 1.99. The van der Waals surface area contributed by atoms with E-state index in [1.165, 1.54) is 5.56 Å². The number of aliphatic hydroxyl groups excluding tert-OH is 1. The molecule has 0 radical (unpaired) electrons. The molecular weight excluding hydrogens is 226 g/mol. The van der Waals surface area contributed by atoms with Gasteiger partial charge in [0.25, 0.3) is 0 Å². The topological polar surface area (TPSA) is 32.7 Å². The Bertz CT molecular complexity index is 428. The molecule has 0 atom stereocenters. The molecule has 18 heavy (non-hydrogen) atoms. The molecule has 1 aliphatic rings. The number of aliphatic hydroxyl groups is 1. The van der Waals surface area contributed by atoms with Crippen molar-refractivity contribution in [3.63, 3.8) is 0 Å². The Morgan fingerprint density at radius 2 is 2.11 bits per heavy atom. The van der Waals surface area contributed by atoms with E-state index in [4.69, 9.17) is 9.84 Å². The molecule has 0 saturated carbocycles. The second kappa shape index (κ2) is 7.17. The first kappa shape index (κ1) is 13.1. The third-order valence-electron chi connectivity index (χ3n) is 2.91. The van der Waals surface area contributed by atoms with Crippen molar-refractivity contribution in [1.82, 2.24) is 4.90 Å². The molecule has 1 aromatic rings. The third kappa shape index (κ3) is 4.15. The first-order chi connectivity index (χ1) is 8.88. The van der Waals surface area contributed by atoms with Crippen molar-refractivity contribution in [2.24, 2.45) is 0 Å². The van der Waals surface area contributed by atoms with Crippen molar-refractivity contribution in [3.05, 3.63) is 35.4 Å². The summed E-state index contributed by atoms with van der Waals surface area (Å²) in [6, 6.07) is 8.30. The van der Waals surface area contributed by atoms with Crippen LogP contribution in [0.15, 0.2) is 24.3 Å². The summed E-state index contributed by atoms with van der Waals surface area (Å²) < 4.78 is 5.34. The number of ether oxygens (including phenoxy) is 1. The average molecular weight is 245 g/mol. The maximum atomic E-state index is 8.69. The summed E-state index contributed by atoms with van der Waals surface area (Å²) in [5.74, 6) is 6.02. The molecule has 1 heterocycles. The van der Waals surface area contributed by atoms with Crippen molar-refractivity contribution < 1.29 is 9.84 Å². The van der Waals surface area contributed by atoms with Gasteiger partial charge in [-0.2, -0.15) is 0 Å². The van der Waals surface area contributed by atoms with Crippen LogP contribution in [-0.4, -0.2) is 42.9 Å². The Kier molecular flexibility index (Phi) is 5.22. The van der Waals surface area contributed by atoms with E-state index < -0.39 is 0 Å². The van der Waals surface area contributed by atoms with E-state index in [1.807, 2.05) is 12.1 Å². The Morgan fingerprint density at radius 1 is 1.28 bits per heavy atom. The van der Waals surface area contributed by atoms with Crippen molar-refractivity contribution >= 4 is 0 Å². The van der Waals surface area contributed by atoms with Gasteiger partial charge in [0.15, 0.2) is 0 Å². The minimum atomic E-state index is 0.125. The van der Waals surface area contributed by atoms with Crippen LogP contribution in [0.3, 0.4) is 0 Å². The molecule has 0 aliphatic carbocycles. The van der Waals surface area contributed by atoms with Gasteiger partial charge < -0.3 is 9.84 Å². The normalized spacial score (nSPS) is 16.1. The largest absolute Gasteiger partial charge is 0.395 e. The molecule has 1 N–H and O–H groups in total. The third-order valence-corrected chi connectivity index (χ3v) is 2.91. The van der Waals surface area contributed by atoms with Gasteiger partial charge in [0, 0.05) is 31.6 Å². The van der Waals surface area contributed by atoms with Gasteiger partial charge in [0.2, 0.25) is 0 Å². The van der Waals surface area contributed by atoms with Gasteiger partial charge in [-0.25, -0.2) is 0 Å². The molecule has 3 nitrogen and oxygen atoms in total. The van der Waals surface area contributed by atoms with Gasteiger partial charge in [0.05, 0.1) is 19.8 Å². The zero-order valence-electron chi connectivity index (χ0n) is 10.6. The van der Waals surface area contributed by atoms with E-state index in [0.29, 0.717) is 6.42 Å². The van der Waals surface area contributed by atoms with Crippen molar-refractivity contribution in [1.29, 1.82) is 0 Å². The molecule has 3 heteroatoms. The molecule has 0 amide bonds. The van der Waals surface area contributed by atoms with Crippen molar-refractivity contribution in [2.75, 3.05) is 32.9 Å². The maximum absolute atomic E-state index is 8.69. The number of benzene rings is 1. The number of nitrogens with zero attached hydrogens (tertiary/aromatic N) is 1. The Labute approximate surface area is 108 Å².